The monoisotopic (exact) mass is 255 g/mol. The topological polar surface area (TPSA) is 29.9 Å². The van der Waals surface area contributed by atoms with Crippen LogP contribution in [0.25, 0.3) is 0 Å². The zero-order chi connectivity index (χ0) is 11.4. The lowest BCUT2D eigenvalue weighted by Gasteiger charge is -2.03. The van der Waals surface area contributed by atoms with E-state index in [0.29, 0.717) is 12.1 Å². The number of hydrogen-bond acceptors (Lipinski definition) is 2. The number of aromatic nitrogens is 2. The van der Waals surface area contributed by atoms with Crippen molar-refractivity contribution in [1.29, 1.82) is 0 Å². The maximum absolute atomic E-state index is 13.3. The molecule has 0 aliphatic rings. The normalized spacial score (nSPS) is 10.0. The summed E-state index contributed by atoms with van der Waals surface area (Å²) < 4.78 is 14.6. The molecule has 0 saturated carbocycles. The second-order valence-electron chi connectivity index (χ2n) is 3.67. The van der Waals surface area contributed by atoms with Crippen LogP contribution in [0.4, 0.5) is 4.39 Å². The van der Waals surface area contributed by atoms with Crippen molar-refractivity contribution in [2.24, 2.45) is 7.05 Å². The van der Waals surface area contributed by atoms with E-state index in [2.05, 4.69) is 10.4 Å². The number of rotatable bonds is 4. The molecule has 1 aromatic heterocycles. The second kappa shape index (κ2) is 6.37. The molecule has 0 aliphatic carbocycles. The van der Waals surface area contributed by atoms with E-state index in [4.69, 9.17) is 0 Å². The SMILES string of the molecule is Cl.Cn1ncc(CNCc2ccccc2)c1F. The summed E-state index contributed by atoms with van der Waals surface area (Å²) in [6, 6.07) is 10.0. The lowest BCUT2D eigenvalue weighted by molar-refractivity contribution is 0.489. The minimum Gasteiger partial charge on any atom is -0.308 e. The lowest BCUT2D eigenvalue weighted by atomic mass is 10.2. The Morgan fingerprint density at radius 2 is 1.94 bits per heavy atom. The molecule has 1 aromatic carbocycles. The molecule has 0 spiro atoms. The summed E-state index contributed by atoms with van der Waals surface area (Å²) in [5, 5.41) is 7.02. The maximum atomic E-state index is 13.3. The van der Waals surface area contributed by atoms with Crippen LogP contribution < -0.4 is 5.32 Å². The molecule has 3 nitrogen and oxygen atoms in total. The summed E-state index contributed by atoms with van der Waals surface area (Å²) in [6.07, 6.45) is 1.55. The Morgan fingerprint density at radius 1 is 1.24 bits per heavy atom. The molecule has 0 atom stereocenters. The highest BCUT2D eigenvalue weighted by atomic mass is 35.5. The minimum absolute atomic E-state index is 0. The first-order chi connectivity index (χ1) is 7.77. The first-order valence-electron chi connectivity index (χ1n) is 5.18. The van der Waals surface area contributed by atoms with Crippen molar-refractivity contribution in [2.75, 3.05) is 0 Å². The number of nitrogens with zero attached hydrogens (tertiary/aromatic N) is 2. The van der Waals surface area contributed by atoms with Crippen molar-refractivity contribution in [1.82, 2.24) is 15.1 Å². The van der Waals surface area contributed by atoms with Crippen LogP contribution in [-0.4, -0.2) is 9.78 Å². The molecule has 0 radical (unpaired) electrons. The summed E-state index contributed by atoms with van der Waals surface area (Å²) in [7, 11) is 1.59. The van der Waals surface area contributed by atoms with Gasteiger partial charge in [-0.3, -0.25) is 0 Å². The summed E-state index contributed by atoms with van der Waals surface area (Å²) in [5.41, 5.74) is 1.78. The molecule has 0 saturated heterocycles. The Hall–Kier alpha value is -1.39. The zero-order valence-corrected chi connectivity index (χ0v) is 10.4. The molecule has 1 heterocycles. The molecule has 0 bridgehead atoms. The van der Waals surface area contributed by atoms with Gasteiger partial charge >= 0.3 is 0 Å². The van der Waals surface area contributed by atoms with Gasteiger partial charge < -0.3 is 5.32 Å². The van der Waals surface area contributed by atoms with E-state index in [1.54, 1.807) is 13.2 Å². The van der Waals surface area contributed by atoms with E-state index < -0.39 is 0 Å². The predicted molar refractivity (Wildman–Crippen MR) is 67.4 cm³/mol. The van der Waals surface area contributed by atoms with Crippen LogP contribution in [0.15, 0.2) is 36.5 Å². The lowest BCUT2D eigenvalue weighted by Crippen LogP contribution is -2.13. The van der Waals surface area contributed by atoms with Gasteiger partial charge in [0.2, 0.25) is 5.95 Å². The van der Waals surface area contributed by atoms with Gasteiger partial charge in [-0.1, -0.05) is 30.3 Å². The van der Waals surface area contributed by atoms with Gasteiger partial charge in [0.15, 0.2) is 0 Å². The first-order valence-corrected chi connectivity index (χ1v) is 5.18. The molecule has 5 heteroatoms. The maximum Gasteiger partial charge on any atom is 0.215 e. The van der Waals surface area contributed by atoms with Crippen molar-refractivity contribution in [3.8, 4) is 0 Å². The highest BCUT2D eigenvalue weighted by Gasteiger charge is 2.06. The van der Waals surface area contributed by atoms with Crippen molar-refractivity contribution in [2.45, 2.75) is 13.1 Å². The third-order valence-corrected chi connectivity index (χ3v) is 2.42. The Kier molecular flexibility index (Phi) is 5.12. The van der Waals surface area contributed by atoms with E-state index in [-0.39, 0.29) is 18.4 Å². The van der Waals surface area contributed by atoms with E-state index in [9.17, 15) is 4.39 Å². The van der Waals surface area contributed by atoms with Gasteiger partial charge in [-0.2, -0.15) is 9.49 Å². The van der Waals surface area contributed by atoms with Crippen molar-refractivity contribution in [3.05, 3.63) is 53.6 Å². The fourth-order valence-corrected chi connectivity index (χ4v) is 1.52. The van der Waals surface area contributed by atoms with Crippen LogP contribution in [-0.2, 0) is 20.1 Å². The van der Waals surface area contributed by atoms with Gasteiger partial charge in [0, 0.05) is 25.7 Å². The van der Waals surface area contributed by atoms with Crippen molar-refractivity contribution < 1.29 is 4.39 Å². The van der Waals surface area contributed by atoms with Gasteiger partial charge in [0.25, 0.3) is 0 Å². The Labute approximate surface area is 106 Å². The van der Waals surface area contributed by atoms with Crippen molar-refractivity contribution in [3.63, 3.8) is 0 Å². The fourth-order valence-electron chi connectivity index (χ4n) is 1.52. The molecule has 0 fully saturated rings. The standard InChI is InChI=1S/C12H14FN3.ClH/c1-16-12(13)11(9-15-16)8-14-7-10-5-3-2-4-6-10;/h2-6,9,14H,7-8H2,1H3;1H. The molecule has 0 unspecified atom stereocenters. The molecular formula is C12H15ClFN3. The molecule has 92 valence electrons. The highest BCUT2D eigenvalue weighted by molar-refractivity contribution is 5.85. The van der Waals surface area contributed by atoms with Crippen LogP contribution in [0.1, 0.15) is 11.1 Å². The summed E-state index contributed by atoms with van der Waals surface area (Å²) in [6.45, 7) is 1.23. The quantitative estimate of drug-likeness (QED) is 0.908. The fraction of sp³-hybridized carbons (Fsp3) is 0.250. The largest absolute Gasteiger partial charge is 0.308 e. The van der Waals surface area contributed by atoms with Gasteiger partial charge in [0.05, 0.1) is 6.20 Å². The highest BCUT2D eigenvalue weighted by Crippen LogP contribution is 2.05. The van der Waals surface area contributed by atoms with Crippen LogP contribution in [0.2, 0.25) is 0 Å². The molecule has 1 N–H and O–H groups in total. The Bertz CT molecular complexity index is 456. The van der Waals surface area contributed by atoms with Crippen LogP contribution in [0.5, 0.6) is 0 Å². The smallest absolute Gasteiger partial charge is 0.215 e. The van der Waals surface area contributed by atoms with Crippen LogP contribution in [0.3, 0.4) is 0 Å². The van der Waals surface area contributed by atoms with Gasteiger partial charge in [-0.25, -0.2) is 4.68 Å². The second-order valence-corrected chi connectivity index (χ2v) is 3.67. The molecule has 0 aliphatic heterocycles. The molecule has 2 aromatic rings. The Morgan fingerprint density at radius 3 is 2.53 bits per heavy atom. The Balaban J connectivity index is 0.00000144. The van der Waals surface area contributed by atoms with Gasteiger partial charge in [0.1, 0.15) is 0 Å². The molecule has 17 heavy (non-hydrogen) atoms. The summed E-state index contributed by atoms with van der Waals surface area (Å²) in [4.78, 5) is 0. The molecule has 2 rings (SSSR count). The minimum atomic E-state index is -0.277. The molecule has 0 amide bonds. The number of aryl methyl sites for hydroxylation is 1. The number of nitrogens with one attached hydrogen (secondary N) is 1. The first kappa shape index (κ1) is 13.7. The molecular weight excluding hydrogens is 241 g/mol. The average Bonchev–Trinajstić information content (AvgIpc) is 2.62. The van der Waals surface area contributed by atoms with E-state index in [1.807, 2.05) is 30.3 Å². The number of hydrogen-bond donors (Lipinski definition) is 1. The van der Waals surface area contributed by atoms with Gasteiger partial charge in [-0.05, 0) is 5.56 Å². The number of halogens is 2. The predicted octanol–water partition coefficient (Wildman–Crippen LogP) is 2.27. The summed E-state index contributed by atoms with van der Waals surface area (Å²) in [5.74, 6) is -0.277. The third-order valence-electron chi connectivity index (χ3n) is 2.42. The van der Waals surface area contributed by atoms with Crippen LogP contribution in [0, 0.1) is 5.95 Å². The third kappa shape index (κ3) is 3.54. The van der Waals surface area contributed by atoms with Crippen molar-refractivity contribution >= 4 is 12.4 Å². The van der Waals surface area contributed by atoms with E-state index >= 15 is 0 Å². The average molecular weight is 256 g/mol. The van der Waals surface area contributed by atoms with E-state index in [1.165, 1.54) is 10.2 Å². The number of benzene rings is 1. The van der Waals surface area contributed by atoms with Crippen LogP contribution >= 0.6 is 12.4 Å². The van der Waals surface area contributed by atoms with Gasteiger partial charge in [-0.15, -0.1) is 12.4 Å². The van der Waals surface area contributed by atoms with E-state index in [0.717, 1.165) is 6.54 Å². The zero-order valence-electron chi connectivity index (χ0n) is 9.56. The summed E-state index contributed by atoms with van der Waals surface area (Å²) >= 11 is 0.